The highest BCUT2D eigenvalue weighted by Crippen LogP contribution is 2.13. The van der Waals surface area contributed by atoms with Crippen molar-refractivity contribution in [3.8, 4) is 11.5 Å². The largest absolute Gasteiger partial charge is 0.497 e. The summed E-state index contributed by atoms with van der Waals surface area (Å²) in [6.07, 6.45) is 8.04. The Kier molecular flexibility index (Phi) is 12.2. The van der Waals surface area contributed by atoms with E-state index < -0.39 is 0 Å². The standard InChI is InChI=1S/C28H34N2O4.ClH/c1-33-27-11-5-23(6-12-27)3-9-25(31)15-17-29-19-21-30(22-20-29)18-16-26(32)10-4-24-7-13-28(34-2)14-8-24;/h3-14H,15-22H2,1-2H3;1H/b9-3+,10-4+;. The zero-order valence-corrected chi connectivity index (χ0v) is 21.3. The maximum Gasteiger partial charge on any atom is 0.156 e. The molecule has 0 radical (unpaired) electrons. The molecule has 0 N–H and O–H groups in total. The molecule has 0 saturated carbocycles. The molecule has 0 aromatic heterocycles. The van der Waals surface area contributed by atoms with Gasteiger partial charge in [0.05, 0.1) is 14.2 Å². The van der Waals surface area contributed by atoms with Crippen LogP contribution in [0.2, 0.25) is 0 Å². The van der Waals surface area contributed by atoms with Gasteiger partial charge in [0.2, 0.25) is 0 Å². The lowest BCUT2D eigenvalue weighted by Gasteiger charge is -2.34. The number of benzene rings is 2. The first-order valence-electron chi connectivity index (χ1n) is 11.7. The van der Waals surface area contributed by atoms with Crippen molar-refractivity contribution in [2.45, 2.75) is 12.8 Å². The van der Waals surface area contributed by atoms with Gasteiger partial charge in [-0.3, -0.25) is 9.59 Å². The predicted octanol–water partition coefficient (Wildman–Crippen LogP) is 4.39. The van der Waals surface area contributed by atoms with E-state index in [4.69, 9.17) is 9.47 Å². The van der Waals surface area contributed by atoms with Crippen LogP contribution in [-0.2, 0) is 9.59 Å². The topological polar surface area (TPSA) is 59.1 Å². The van der Waals surface area contributed by atoms with Gasteiger partial charge in [0, 0.05) is 52.1 Å². The Morgan fingerprint density at radius 2 is 1.03 bits per heavy atom. The molecule has 1 fully saturated rings. The van der Waals surface area contributed by atoms with Gasteiger partial charge in [0.25, 0.3) is 0 Å². The molecule has 1 aliphatic heterocycles. The molecule has 0 bridgehead atoms. The fourth-order valence-electron chi connectivity index (χ4n) is 3.75. The fourth-order valence-corrected chi connectivity index (χ4v) is 3.75. The molecule has 3 rings (SSSR count). The van der Waals surface area contributed by atoms with E-state index >= 15 is 0 Å². The van der Waals surface area contributed by atoms with Crippen LogP contribution in [0.5, 0.6) is 11.5 Å². The number of hydrogen-bond acceptors (Lipinski definition) is 6. The number of allylic oxidation sites excluding steroid dienone is 2. The van der Waals surface area contributed by atoms with Crippen LogP contribution in [0.3, 0.4) is 0 Å². The summed E-state index contributed by atoms with van der Waals surface area (Å²) in [6.45, 7) is 5.22. The second kappa shape index (κ2) is 15.1. The predicted molar refractivity (Wildman–Crippen MR) is 143 cm³/mol. The molecule has 0 spiro atoms. The van der Waals surface area contributed by atoms with Crippen LogP contribution in [-0.4, -0.2) is 74.9 Å². The van der Waals surface area contributed by atoms with Gasteiger partial charge < -0.3 is 19.3 Å². The van der Waals surface area contributed by atoms with Crippen LogP contribution in [0.4, 0.5) is 0 Å². The third-order valence-corrected chi connectivity index (χ3v) is 5.97. The molecule has 0 amide bonds. The van der Waals surface area contributed by atoms with Crippen LogP contribution in [0.25, 0.3) is 12.2 Å². The Morgan fingerprint density at radius 3 is 1.34 bits per heavy atom. The van der Waals surface area contributed by atoms with Crippen LogP contribution in [0.15, 0.2) is 60.7 Å². The smallest absolute Gasteiger partial charge is 0.156 e. The third-order valence-electron chi connectivity index (χ3n) is 5.97. The highest BCUT2D eigenvalue weighted by Gasteiger charge is 2.17. The summed E-state index contributed by atoms with van der Waals surface area (Å²) in [5, 5.41) is 0. The minimum absolute atomic E-state index is 0. The number of ketones is 2. The SMILES string of the molecule is COc1ccc(/C=C/C(=O)CCN2CCN(CCC(=O)/C=C/c3ccc(OC)cc3)CC2)cc1.Cl. The molecule has 2 aromatic rings. The van der Waals surface area contributed by atoms with Gasteiger partial charge >= 0.3 is 0 Å². The van der Waals surface area contributed by atoms with Crippen molar-refractivity contribution >= 4 is 36.1 Å². The molecular formula is C28H35ClN2O4. The summed E-state index contributed by atoms with van der Waals surface area (Å²) in [6, 6.07) is 15.3. The number of carbonyl (C=O) groups is 2. The molecule has 0 aliphatic carbocycles. The van der Waals surface area contributed by atoms with E-state index in [2.05, 4.69) is 9.80 Å². The summed E-state index contributed by atoms with van der Waals surface area (Å²) in [7, 11) is 3.27. The van der Waals surface area contributed by atoms with E-state index in [0.29, 0.717) is 12.8 Å². The maximum absolute atomic E-state index is 12.2. The van der Waals surface area contributed by atoms with Crippen molar-refractivity contribution in [3.05, 3.63) is 71.8 Å². The van der Waals surface area contributed by atoms with Gasteiger partial charge in [-0.25, -0.2) is 0 Å². The van der Waals surface area contributed by atoms with Gasteiger partial charge in [-0.1, -0.05) is 36.4 Å². The summed E-state index contributed by atoms with van der Waals surface area (Å²) >= 11 is 0. The number of piperazine rings is 1. The van der Waals surface area contributed by atoms with Crippen molar-refractivity contribution in [3.63, 3.8) is 0 Å². The monoisotopic (exact) mass is 498 g/mol. The van der Waals surface area contributed by atoms with E-state index in [1.165, 1.54) is 0 Å². The first kappa shape index (κ1) is 28.3. The first-order valence-corrected chi connectivity index (χ1v) is 11.7. The van der Waals surface area contributed by atoms with Gasteiger partial charge in [-0.05, 0) is 47.5 Å². The lowest BCUT2D eigenvalue weighted by atomic mass is 10.1. The molecule has 35 heavy (non-hydrogen) atoms. The summed E-state index contributed by atoms with van der Waals surface area (Å²) < 4.78 is 10.3. The Labute approximate surface area is 214 Å². The van der Waals surface area contributed by atoms with Crippen molar-refractivity contribution < 1.29 is 19.1 Å². The molecule has 6 nitrogen and oxygen atoms in total. The molecule has 1 heterocycles. The minimum atomic E-state index is 0. The number of rotatable bonds is 12. The molecule has 188 valence electrons. The summed E-state index contributed by atoms with van der Waals surface area (Å²) in [4.78, 5) is 29.1. The van der Waals surface area contributed by atoms with Gasteiger partial charge in [-0.2, -0.15) is 0 Å². The number of carbonyl (C=O) groups excluding carboxylic acids is 2. The first-order chi connectivity index (χ1) is 16.6. The average molecular weight is 499 g/mol. The molecule has 0 unspecified atom stereocenters. The van der Waals surface area contributed by atoms with Gasteiger partial charge in [0.1, 0.15) is 11.5 Å². The van der Waals surface area contributed by atoms with E-state index in [9.17, 15) is 9.59 Å². The molecular weight excluding hydrogens is 464 g/mol. The summed E-state index contributed by atoms with van der Waals surface area (Å²) in [5.41, 5.74) is 1.97. The van der Waals surface area contributed by atoms with E-state index in [0.717, 1.165) is 61.9 Å². The zero-order chi connectivity index (χ0) is 24.2. The minimum Gasteiger partial charge on any atom is -0.497 e. The van der Waals surface area contributed by atoms with E-state index in [-0.39, 0.29) is 24.0 Å². The molecule has 1 saturated heterocycles. The summed E-state index contributed by atoms with van der Waals surface area (Å²) in [5.74, 6) is 1.87. The number of ether oxygens (including phenoxy) is 2. The molecule has 7 heteroatoms. The highest BCUT2D eigenvalue weighted by molar-refractivity contribution is 5.94. The average Bonchev–Trinajstić information content (AvgIpc) is 2.89. The number of nitrogens with zero attached hydrogens (tertiary/aromatic N) is 2. The Bertz CT molecular complexity index is 898. The van der Waals surface area contributed by atoms with Gasteiger partial charge in [0.15, 0.2) is 11.6 Å². The second-order valence-electron chi connectivity index (χ2n) is 8.33. The van der Waals surface area contributed by atoms with E-state index in [1.54, 1.807) is 26.4 Å². The van der Waals surface area contributed by atoms with Crippen molar-refractivity contribution in [2.24, 2.45) is 0 Å². The lowest BCUT2D eigenvalue weighted by molar-refractivity contribution is -0.116. The molecule has 0 atom stereocenters. The molecule has 2 aromatic carbocycles. The second-order valence-corrected chi connectivity index (χ2v) is 8.33. The highest BCUT2D eigenvalue weighted by atomic mass is 35.5. The van der Waals surface area contributed by atoms with Crippen LogP contribution >= 0.6 is 12.4 Å². The number of hydrogen-bond donors (Lipinski definition) is 0. The van der Waals surface area contributed by atoms with E-state index in [1.807, 2.05) is 60.7 Å². The normalized spacial score (nSPS) is 14.7. The van der Waals surface area contributed by atoms with Crippen molar-refractivity contribution in [2.75, 3.05) is 53.5 Å². The Balaban J connectivity index is 0.00000432. The van der Waals surface area contributed by atoms with Crippen LogP contribution < -0.4 is 9.47 Å². The van der Waals surface area contributed by atoms with Crippen LogP contribution in [0, 0.1) is 0 Å². The van der Waals surface area contributed by atoms with Crippen molar-refractivity contribution in [1.82, 2.24) is 9.80 Å². The number of halogens is 1. The fraction of sp³-hybridized carbons (Fsp3) is 0.357. The molecule has 1 aliphatic rings. The Morgan fingerprint density at radius 1 is 0.686 bits per heavy atom. The van der Waals surface area contributed by atoms with Crippen molar-refractivity contribution in [1.29, 1.82) is 0 Å². The Hall–Kier alpha value is -2.93. The number of methoxy groups -OCH3 is 2. The lowest BCUT2D eigenvalue weighted by Crippen LogP contribution is -2.47. The van der Waals surface area contributed by atoms with Gasteiger partial charge in [-0.15, -0.1) is 12.4 Å². The third kappa shape index (κ3) is 10.1. The maximum atomic E-state index is 12.2. The quantitative estimate of drug-likeness (QED) is 0.404. The zero-order valence-electron chi connectivity index (χ0n) is 20.5. The van der Waals surface area contributed by atoms with Crippen LogP contribution in [0.1, 0.15) is 24.0 Å².